The maximum atomic E-state index is 11.2. The number of thioether (sulfide) groups is 1. The summed E-state index contributed by atoms with van der Waals surface area (Å²) in [5, 5.41) is 5.41. The van der Waals surface area contributed by atoms with Gasteiger partial charge >= 0.3 is 5.97 Å². The maximum Gasteiger partial charge on any atom is 0.306 e. The largest absolute Gasteiger partial charge is 1.00 e. The minimum absolute atomic E-state index is 0. The molecular formula is C12H16ClN3O3S. The number of nitrogens with one attached hydrogen (secondary N) is 1. The van der Waals surface area contributed by atoms with Crippen LogP contribution in [0, 0.1) is 0 Å². The molecule has 2 heterocycles. The fraction of sp³-hybridized carbons (Fsp3) is 0.417. The summed E-state index contributed by atoms with van der Waals surface area (Å²) in [6.07, 6.45) is 0.373. The highest BCUT2D eigenvalue weighted by atomic mass is 35.5. The molecule has 1 aromatic rings. The lowest BCUT2D eigenvalue weighted by molar-refractivity contribution is -0.563. The number of fused-ring (bicyclic) bond motifs is 1. The van der Waals surface area contributed by atoms with Crippen LogP contribution in [0.4, 0.5) is 11.5 Å². The number of anilines is 1. The van der Waals surface area contributed by atoms with Crippen LogP contribution in [0.1, 0.15) is 13.3 Å². The predicted molar refractivity (Wildman–Crippen MR) is 71.3 cm³/mol. The first-order valence-corrected chi connectivity index (χ1v) is 7.10. The molecule has 6 nitrogen and oxygen atoms in total. The zero-order valence-electron chi connectivity index (χ0n) is 11.0. The quantitative estimate of drug-likeness (QED) is 0.455. The Balaban J connectivity index is 0.00000200. The number of halogens is 1. The molecule has 0 aromatic carbocycles. The van der Waals surface area contributed by atoms with Crippen molar-refractivity contribution in [3.05, 3.63) is 12.1 Å². The first kappa shape index (κ1) is 16.7. The molecule has 110 valence electrons. The van der Waals surface area contributed by atoms with Crippen molar-refractivity contribution in [1.82, 2.24) is 4.98 Å². The van der Waals surface area contributed by atoms with Crippen molar-refractivity contribution in [2.75, 3.05) is 24.2 Å². The van der Waals surface area contributed by atoms with Crippen LogP contribution >= 0.6 is 11.8 Å². The number of rotatable bonds is 5. The average molecular weight is 318 g/mol. The first-order valence-electron chi connectivity index (χ1n) is 6.11. The number of hydrogen-bond acceptors (Lipinski definition) is 5. The molecule has 1 amide bonds. The Morgan fingerprint density at radius 2 is 2.35 bits per heavy atom. The normalized spacial score (nSPS) is 12.9. The molecule has 0 radical (unpaired) electrons. The number of carbonyl (C=O) groups is 2. The number of carbonyl (C=O) groups excluding carboxylic acids is 2. The van der Waals surface area contributed by atoms with Crippen molar-refractivity contribution in [3.63, 3.8) is 0 Å². The van der Waals surface area contributed by atoms with Crippen LogP contribution in [0.25, 0.3) is 0 Å². The zero-order chi connectivity index (χ0) is 13.7. The highest BCUT2D eigenvalue weighted by Gasteiger charge is 2.19. The van der Waals surface area contributed by atoms with E-state index >= 15 is 0 Å². The molecule has 0 saturated carbocycles. The maximum absolute atomic E-state index is 11.2. The van der Waals surface area contributed by atoms with Crippen LogP contribution in [-0.2, 0) is 14.3 Å². The summed E-state index contributed by atoms with van der Waals surface area (Å²) in [7, 11) is 0. The molecule has 0 saturated heterocycles. The van der Waals surface area contributed by atoms with E-state index in [2.05, 4.69) is 10.3 Å². The van der Waals surface area contributed by atoms with Gasteiger partial charge in [0.25, 0.3) is 5.91 Å². The Morgan fingerprint density at radius 1 is 1.55 bits per heavy atom. The number of nitrogens with two attached hydrogens (primary N) is 1. The summed E-state index contributed by atoms with van der Waals surface area (Å²) >= 11 is 1.50. The highest BCUT2D eigenvalue weighted by Crippen LogP contribution is 2.23. The summed E-state index contributed by atoms with van der Waals surface area (Å²) in [6, 6.07) is 3.68. The third-order valence-corrected chi connectivity index (χ3v) is 3.45. The fourth-order valence-corrected chi connectivity index (χ4v) is 2.47. The Labute approximate surface area is 127 Å². The number of nitrogens with zero attached hydrogens (tertiary/aromatic N) is 1. The van der Waals surface area contributed by atoms with E-state index in [4.69, 9.17) is 4.74 Å². The summed E-state index contributed by atoms with van der Waals surface area (Å²) < 4.78 is 4.86. The molecule has 3 N–H and O–H groups in total. The molecule has 1 aliphatic heterocycles. The van der Waals surface area contributed by atoms with Crippen molar-refractivity contribution in [1.29, 1.82) is 0 Å². The molecule has 0 atom stereocenters. The second-order valence-electron chi connectivity index (χ2n) is 3.94. The molecule has 1 aromatic heterocycles. The molecule has 0 unspecified atom stereocenters. The number of hydrogen-bond donors (Lipinski definition) is 2. The van der Waals surface area contributed by atoms with Crippen LogP contribution in [0.5, 0.6) is 0 Å². The van der Waals surface area contributed by atoms with Crippen molar-refractivity contribution >= 4 is 35.1 Å². The van der Waals surface area contributed by atoms with E-state index in [0.29, 0.717) is 25.3 Å². The molecule has 0 bridgehead atoms. The lowest BCUT2D eigenvalue weighted by Gasteiger charge is -2.13. The summed E-state index contributed by atoms with van der Waals surface area (Å²) in [5.74, 6) is 1.22. The van der Waals surface area contributed by atoms with Gasteiger partial charge in [0, 0.05) is 5.75 Å². The Bertz CT molecular complexity index is 499. The lowest BCUT2D eigenvalue weighted by Crippen LogP contribution is -3.00. The number of aromatic nitrogens is 1. The van der Waals surface area contributed by atoms with Crippen LogP contribution in [0.3, 0.4) is 0 Å². The average Bonchev–Trinajstić information content (AvgIpc) is 2.39. The number of ether oxygens (including phenoxy) is 1. The van der Waals surface area contributed by atoms with Gasteiger partial charge in [-0.25, -0.2) is 0 Å². The third-order valence-electron chi connectivity index (χ3n) is 2.52. The van der Waals surface area contributed by atoms with E-state index in [0.717, 1.165) is 16.5 Å². The van der Waals surface area contributed by atoms with Gasteiger partial charge in [0.15, 0.2) is 6.54 Å². The number of esters is 1. The summed E-state index contributed by atoms with van der Waals surface area (Å²) in [4.78, 5) is 26.8. The monoisotopic (exact) mass is 317 g/mol. The van der Waals surface area contributed by atoms with Gasteiger partial charge in [-0.2, -0.15) is 4.98 Å². The molecule has 2 rings (SSSR count). The van der Waals surface area contributed by atoms with Gasteiger partial charge in [-0.05, 0) is 19.1 Å². The van der Waals surface area contributed by atoms with E-state index in [-0.39, 0.29) is 24.3 Å². The van der Waals surface area contributed by atoms with Crippen molar-refractivity contribution in [3.8, 4) is 0 Å². The topological polar surface area (TPSA) is 84.9 Å². The van der Waals surface area contributed by atoms with Gasteiger partial charge in [-0.1, -0.05) is 0 Å². The van der Waals surface area contributed by atoms with E-state index in [1.807, 2.05) is 17.4 Å². The van der Waals surface area contributed by atoms with Crippen LogP contribution in [0.2, 0.25) is 0 Å². The van der Waals surface area contributed by atoms with Gasteiger partial charge in [0.1, 0.15) is 10.7 Å². The second-order valence-corrected chi connectivity index (χ2v) is 5.06. The zero-order valence-corrected chi connectivity index (χ0v) is 12.6. The predicted octanol–water partition coefficient (Wildman–Crippen LogP) is -2.72. The minimum atomic E-state index is -0.188. The van der Waals surface area contributed by atoms with Crippen molar-refractivity contribution in [2.24, 2.45) is 0 Å². The molecule has 0 fully saturated rings. The fourth-order valence-electron chi connectivity index (χ4n) is 1.66. The van der Waals surface area contributed by atoms with Crippen molar-refractivity contribution < 1.29 is 32.0 Å². The lowest BCUT2D eigenvalue weighted by atomic mass is 10.3. The molecule has 8 heteroatoms. The van der Waals surface area contributed by atoms with E-state index in [1.54, 1.807) is 6.92 Å². The van der Waals surface area contributed by atoms with Gasteiger partial charge in [-0.15, -0.1) is 11.8 Å². The van der Waals surface area contributed by atoms with Gasteiger partial charge in [0.05, 0.1) is 13.0 Å². The van der Waals surface area contributed by atoms with E-state index < -0.39 is 0 Å². The van der Waals surface area contributed by atoms with Crippen LogP contribution in [-0.4, -0.2) is 35.8 Å². The Kier molecular flexibility index (Phi) is 6.77. The van der Waals surface area contributed by atoms with Gasteiger partial charge in [0.2, 0.25) is 5.82 Å². The van der Waals surface area contributed by atoms with E-state index in [1.165, 1.54) is 11.8 Å². The molecule has 0 spiro atoms. The molecule has 20 heavy (non-hydrogen) atoms. The molecule has 1 aliphatic rings. The second kappa shape index (κ2) is 8.08. The number of quaternary nitrogens is 1. The first-order chi connectivity index (χ1) is 9.19. The summed E-state index contributed by atoms with van der Waals surface area (Å²) in [5.41, 5.74) is 0.742. The van der Waals surface area contributed by atoms with E-state index in [9.17, 15) is 9.59 Å². The standard InChI is InChI=1S/C12H15N3O3S.ClH/c1-2-18-11(17)5-6-19-10-4-3-8-12(15-10)13-7-9(16)14-8;/h3-4H,2,5-7H2,1H3,(H,13,15)(H,14,16);1H. The van der Waals surface area contributed by atoms with Gasteiger partial charge in [-0.3, -0.25) is 14.9 Å². The van der Waals surface area contributed by atoms with Gasteiger partial charge < -0.3 is 22.5 Å². The number of amides is 1. The highest BCUT2D eigenvalue weighted by molar-refractivity contribution is 7.99. The molecule has 0 aliphatic carbocycles. The van der Waals surface area contributed by atoms with Crippen LogP contribution < -0.4 is 23.0 Å². The SMILES string of the molecule is CCOC(=O)CCSc1ccc2c(n1)[NH2+]CC(=O)N2.[Cl-]. The summed E-state index contributed by atoms with van der Waals surface area (Å²) in [6.45, 7) is 2.56. The Hall–Kier alpha value is -1.31. The minimum Gasteiger partial charge on any atom is -1.00 e. The Morgan fingerprint density at radius 3 is 3.10 bits per heavy atom. The number of pyridine rings is 1. The van der Waals surface area contributed by atoms with Crippen molar-refractivity contribution in [2.45, 2.75) is 18.4 Å². The smallest absolute Gasteiger partial charge is 0.306 e. The van der Waals surface area contributed by atoms with Crippen LogP contribution in [0.15, 0.2) is 17.2 Å². The third kappa shape index (κ3) is 4.66. The molecular weight excluding hydrogens is 302 g/mol.